The van der Waals surface area contributed by atoms with Crippen LogP contribution in [0.2, 0.25) is 0 Å². The van der Waals surface area contributed by atoms with E-state index in [9.17, 15) is 4.79 Å². The molecule has 2 aromatic rings. The van der Waals surface area contributed by atoms with Gasteiger partial charge in [-0.15, -0.1) is 0 Å². The summed E-state index contributed by atoms with van der Waals surface area (Å²) in [5.74, 6) is 0.149. The number of carbonyl (C=O) groups is 1. The zero-order chi connectivity index (χ0) is 15.1. The van der Waals surface area contributed by atoms with Gasteiger partial charge >= 0.3 is 0 Å². The first kappa shape index (κ1) is 15.8. The molecule has 0 atom stereocenters. The molecule has 0 bridgehead atoms. The first-order valence-corrected chi connectivity index (χ1v) is 8.08. The highest BCUT2D eigenvalue weighted by molar-refractivity contribution is 9.10. The fraction of sp³-hybridized carbons (Fsp3) is 0.278. The normalized spacial score (nSPS) is 10.4. The Morgan fingerprint density at radius 3 is 2.52 bits per heavy atom. The second-order valence-electron chi connectivity index (χ2n) is 5.04. The van der Waals surface area contributed by atoms with Gasteiger partial charge in [-0.05, 0) is 30.7 Å². The Balaban J connectivity index is 2.13. The van der Waals surface area contributed by atoms with Gasteiger partial charge in [0.15, 0.2) is 5.78 Å². The van der Waals surface area contributed by atoms with Gasteiger partial charge in [-0.25, -0.2) is 0 Å². The number of rotatable bonds is 7. The van der Waals surface area contributed by atoms with E-state index < -0.39 is 0 Å². The number of benzene rings is 2. The van der Waals surface area contributed by atoms with Crippen molar-refractivity contribution in [1.29, 1.82) is 0 Å². The molecule has 2 nitrogen and oxygen atoms in total. The zero-order valence-corrected chi connectivity index (χ0v) is 13.8. The fourth-order valence-electron chi connectivity index (χ4n) is 2.21. The Bertz CT molecular complexity index is 583. The molecule has 110 valence electrons. The minimum Gasteiger partial charge on any atom is -0.364 e. The van der Waals surface area contributed by atoms with Gasteiger partial charge in [-0.1, -0.05) is 59.6 Å². The van der Waals surface area contributed by atoms with Gasteiger partial charge in [0.25, 0.3) is 0 Å². The third-order valence-electron chi connectivity index (χ3n) is 3.38. The second kappa shape index (κ2) is 7.99. The van der Waals surface area contributed by atoms with E-state index >= 15 is 0 Å². The summed E-state index contributed by atoms with van der Waals surface area (Å²) in [7, 11) is 0. The topological polar surface area (TPSA) is 20.3 Å². The maximum atomic E-state index is 12.5. The average molecular weight is 346 g/mol. The SMILES string of the molecule is CCCCN(CC(=O)c1cccc(Br)c1)c1ccccc1. The molecule has 0 N–H and O–H groups in total. The van der Waals surface area contributed by atoms with Crippen molar-refractivity contribution in [2.75, 3.05) is 18.0 Å². The smallest absolute Gasteiger partial charge is 0.182 e. The van der Waals surface area contributed by atoms with Gasteiger partial charge in [0.05, 0.1) is 6.54 Å². The van der Waals surface area contributed by atoms with Crippen LogP contribution in [0.1, 0.15) is 30.1 Å². The van der Waals surface area contributed by atoms with Crippen molar-refractivity contribution >= 4 is 27.4 Å². The Hall–Kier alpha value is -1.61. The molecule has 0 aliphatic heterocycles. The van der Waals surface area contributed by atoms with Crippen LogP contribution in [0.15, 0.2) is 59.1 Å². The maximum absolute atomic E-state index is 12.5. The molecule has 21 heavy (non-hydrogen) atoms. The number of ketones is 1. The molecule has 0 spiro atoms. The first-order chi connectivity index (χ1) is 10.2. The van der Waals surface area contributed by atoms with Crippen LogP contribution in [0.3, 0.4) is 0 Å². The van der Waals surface area contributed by atoms with E-state index in [0.717, 1.165) is 35.1 Å². The quantitative estimate of drug-likeness (QED) is 0.662. The molecule has 0 aliphatic carbocycles. The first-order valence-electron chi connectivity index (χ1n) is 7.29. The van der Waals surface area contributed by atoms with Crippen LogP contribution in [0.25, 0.3) is 0 Å². The van der Waals surface area contributed by atoms with Gasteiger partial charge in [0.1, 0.15) is 0 Å². The van der Waals surface area contributed by atoms with E-state index in [-0.39, 0.29) is 5.78 Å². The van der Waals surface area contributed by atoms with E-state index in [0.29, 0.717) is 6.54 Å². The summed E-state index contributed by atoms with van der Waals surface area (Å²) < 4.78 is 0.938. The van der Waals surface area contributed by atoms with Crippen molar-refractivity contribution in [3.63, 3.8) is 0 Å². The van der Waals surface area contributed by atoms with Gasteiger partial charge in [-0.3, -0.25) is 4.79 Å². The molecule has 0 unspecified atom stereocenters. The van der Waals surface area contributed by atoms with E-state index in [1.165, 1.54) is 0 Å². The molecule has 2 aromatic carbocycles. The highest BCUT2D eigenvalue weighted by Gasteiger charge is 2.13. The molecule has 0 saturated carbocycles. The van der Waals surface area contributed by atoms with Gasteiger partial charge in [0, 0.05) is 22.3 Å². The van der Waals surface area contributed by atoms with Crippen LogP contribution in [0.5, 0.6) is 0 Å². The summed E-state index contributed by atoms with van der Waals surface area (Å²) in [4.78, 5) is 14.6. The molecule has 3 heteroatoms. The molecule has 0 fully saturated rings. The van der Waals surface area contributed by atoms with Crippen molar-refractivity contribution in [2.24, 2.45) is 0 Å². The molecule has 0 saturated heterocycles. The minimum absolute atomic E-state index is 0.149. The Morgan fingerprint density at radius 1 is 1.10 bits per heavy atom. The summed E-state index contributed by atoms with van der Waals surface area (Å²) >= 11 is 3.42. The average Bonchev–Trinajstić information content (AvgIpc) is 2.52. The number of Topliss-reactive ketones (excluding diaryl/α,β-unsaturated/α-hetero) is 1. The van der Waals surface area contributed by atoms with Crippen molar-refractivity contribution in [2.45, 2.75) is 19.8 Å². The number of nitrogens with zero attached hydrogens (tertiary/aromatic N) is 1. The summed E-state index contributed by atoms with van der Waals surface area (Å²) in [6.45, 7) is 3.49. The predicted octanol–water partition coefficient (Wildman–Crippen LogP) is 4.94. The van der Waals surface area contributed by atoms with Crippen molar-refractivity contribution < 1.29 is 4.79 Å². The number of hydrogen-bond donors (Lipinski definition) is 0. The second-order valence-corrected chi connectivity index (χ2v) is 5.96. The van der Waals surface area contributed by atoms with E-state index in [4.69, 9.17) is 0 Å². The largest absolute Gasteiger partial charge is 0.364 e. The molecule has 0 aromatic heterocycles. The summed E-state index contributed by atoms with van der Waals surface area (Å²) in [5.41, 5.74) is 1.86. The molecule has 0 radical (unpaired) electrons. The molecular weight excluding hydrogens is 326 g/mol. The minimum atomic E-state index is 0.149. The molecule has 2 rings (SSSR count). The molecule has 0 amide bonds. The van der Waals surface area contributed by atoms with E-state index in [1.807, 2.05) is 42.5 Å². The Labute approximate surface area is 134 Å². The van der Waals surface area contributed by atoms with Gasteiger partial charge in [-0.2, -0.15) is 0 Å². The van der Waals surface area contributed by atoms with Crippen molar-refractivity contribution in [1.82, 2.24) is 0 Å². The number of unbranched alkanes of at least 4 members (excludes halogenated alkanes) is 1. The van der Waals surface area contributed by atoms with E-state index in [2.05, 4.69) is 39.9 Å². The number of hydrogen-bond acceptors (Lipinski definition) is 2. The summed E-state index contributed by atoms with van der Waals surface area (Å²) in [6.07, 6.45) is 2.20. The highest BCUT2D eigenvalue weighted by Crippen LogP contribution is 2.17. The van der Waals surface area contributed by atoms with Crippen LogP contribution in [0.4, 0.5) is 5.69 Å². The summed E-state index contributed by atoms with van der Waals surface area (Å²) in [5, 5.41) is 0. The predicted molar refractivity (Wildman–Crippen MR) is 92.0 cm³/mol. The monoisotopic (exact) mass is 345 g/mol. The number of carbonyl (C=O) groups excluding carboxylic acids is 1. The maximum Gasteiger partial charge on any atom is 0.182 e. The van der Waals surface area contributed by atoms with E-state index in [1.54, 1.807) is 0 Å². The third kappa shape index (κ3) is 4.71. The lowest BCUT2D eigenvalue weighted by atomic mass is 10.1. The molecule has 0 heterocycles. The summed E-state index contributed by atoms with van der Waals surface area (Å²) in [6, 6.07) is 17.7. The lowest BCUT2D eigenvalue weighted by Gasteiger charge is -2.24. The van der Waals surface area contributed by atoms with Gasteiger partial charge < -0.3 is 4.90 Å². The van der Waals surface area contributed by atoms with Crippen molar-refractivity contribution in [3.8, 4) is 0 Å². The van der Waals surface area contributed by atoms with Crippen LogP contribution in [-0.2, 0) is 0 Å². The zero-order valence-electron chi connectivity index (χ0n) is 12.3. The number of para-hydroxylation sites is 1. The third-order valence-corrected chi connectivity index (χ3v) is 3.88. The van der Waals surface area contributed by atoms with Crippen LogP contribution >= 0.6 is 15.9 Å². The Morgan fingerprint density at radius 2 is 1.86 bits per heavy atom. The van der Waals surface area contributed by atoms with Crippen LogP contribution < -0.4 is 4.90 Å². The van der Waals surface area contributed by atoms with Crippen molar-refractivity contribution in [3.05, 3.63) is 64.6 Å². The highest BCUT2D eigenvalue weighted by atomic mass is 79.9. The number of halogens is 1. The Kier molecular flexibility index (Phi) is 6.00. The lowest BCUT2D eigenvalue weighted by molar-refractivity contribution is 0.0999. The standard InChI is InChI=1S/C18H20BrNO/c1-2-3-12-20(17-10-5-4-6-11-17)14-18(21)15-8-7-9-16(19)13-15/h4-11,13H,2-3,12,14H2,1H3. The lowest BCUT2D eigenvalue weighted by Crippen LogP contribution is -2.30. The van der Waals surface area contributed by atoms with Crippen LogP contribution in [0, 0.1) is 0 Å². The number of anilines is 1. The van der Waals surface area contributed by atoms with Crippen LogP contribution in [-0.4, -0.2) is 18.9 Å². The fourth-order valence-corrected chi connectivity index (χ4v) is 2.61. The molecule has 0 aliphatic rings. The molecular formula is C18H20BrNO. The van der Waals surface area contributed by atoms with Gasteiger partial charge in [0.2, 0.25) is 0 Å².